The Morgan fingerprint density at radius 1 is 0.912 bits per heavy atom. The number of nitrogens with one attached hydrogen (secondary N) is 4. The molecule has 2 fully saturated rings. The van der Waals surface area contributed by atoms with Gasteiger partial charge in [-0.15, -0.1) is 0 Å². The fourth-order valence-electron chi connectivity index (χ4n) is 8.88. The zero-order valence-electron chi connectivity index (χ0n) is 32.1. The number of phenols is 1. The Bertz CT molecular complexity index is 1810. The molecule has 5 atom stereocenters. The first-order valence-electron chi connectivity index (χ1n) is 19.5. The van der Waals surface area contributed by atoms with Crippen molar-refractivity contribution < 1.29 is 53.3 Å². The van der Waals surface area contributed by atoms with Gasteiger partial charge in [-0.25, -0.2) is 0 Å². The summed E-state index contributed by atoms with van der Waals surface area (Å²) in [5.41, 5.74) is 0.0493. The normalized spacial score (nSPS) is 24.1. The molecule has 2 heterocycles. The third-order valence-corrected chi connectivity index (χ3v) is 11.5. The van der Waals surface area contributed by atoms with Gasteiger partial charge in [0.15, 0.2) is 11.5 Å². The Kier molecular flexibility index (Phi) is 13.5. The Labute approximate surface area is 330 Å². The number of hydrogen-bond acceptors (Lipinski definition) is 13. The average Bonchev–Trinajstić information content (AvgIpc) is 3.55. The van der Waals surface area contributed by atoms with Crippen molar-refractivity contribution in [1.29, 1.82) is 0 Å². The van der Waals surface area contributed by atoms with Crippen molar-refractivity contribution >= 4 is 29.3 Å². The van der Waals surface area contributed by atoms with Crippen molar-refractivity contribution in [1.82, 2.24) is 26.2 Å². The molecule has 310 valence electrons. The molecule has 0 radical (unpaired) electrons. The highest BCUT2D eigenvalue weighted by molar-refractivity contribution is 5.80. The number of nitro benzene ring substituents is 1. The van der Waals surface area contributed by atoms with Crippen LogP contribution in [-0.2, 0) is 40.5 Å². The van der Waals surface area contributed by atoms with E-state index in [1.807, 2.05) is 13.1 Å². The largest absolute Gasteiger partial charge is 0.504 e. The van der Waals surface area contributed by atoms with Crippen molar-refractivity contribution in [2.24, 2.45) is 0 Å². The van der Waals surface area contributed by atoms with Crippen molar-refractivity contribution in [3.63, 3.8) is 0 Å². The first-order chi connectivity index (χ1) is 27.4. The molecule has 6 N–H and O–H groups in total. The van der Waals surface area contributed by atoms with E-state index in [9.17, 15) is 39.5 Å². The predicted molar refractivity (Wildman–Crippen MR) is 203 cm³/mol. The van der Waals surface area contributed by atoms with Gasteiger partial charge in [-0.2, -0.15) is 0 Å². The smallest absolute Gasteiger partial charge is 0.273 e. The average molecular weight is 797 g/mol. The van der Waals surface area contributed by atoms with Crippen molar-refractivity contribution in [2.45, 2.75) is 80.6 Å². The molecule has 2 aromatic carbocycles. The molecule has 0 aromatic heterocycles. The summed E-state index contributed by atoms with van der Waals surface area (Å²) in [5, 5.41) is 44.9. The van der Waals surface area contributed by atoms with Gasteiger partial charge in [0.05, 0.1) is 34.6 Å². The number of benzene rings is 2. The number of likely N-dealkylation sites (tertiary alicyclic amines) is 1. The van der Waals surface area contributed by atoms with Crippen molar-refractivity contribution in [2.75, 3.05) is 66.3 Å². The van der Waals surface area contributed by atoms with Crippen LogP contribution in [0.1, 0.15) is 56.1 Å². The number of piperidine rings is 1. The minimum Gasteiger partial charge on any atom is -0.504 e. The maximum atomic E-state index is 13.0. The van der Waals surface area contributed by atoms with Gasteiger partial charge < -0.3 is 55.3 Å². The number of rotatable bonds is 21. The molecule has 4 amide bonds. The van der Waals surface area contributed by atoms with Crippen LogP contribution >= 0.6 is 0 Å². The second-order valence-electron chi connectivity index (χ2n) is 15.1. The Hall–Kier alpha value is -5.04. The second kappa shape index (κ2) is 18.5. The number of nitro groups is 1. The first kappa shape index (κ1) is 41.6. The summed E-state index contributed by atoms with van der Waals surface area (Å²) in [6.07, 6.45) is 4.83. The van der Waals surface area contributed by atoms with Crippen LogP contribution in [0.5, 0.6) is 17.2 Å². The number of aromatic hydroxyl groups is 1. The number of carbonyl (C=O) groups is 4. The van der Waals surface area contributed by atoms with Crippen LogP contribution in [0.4, 0.5) is 5.69 Å². The van der Waals surface area contributed by atoms with Gasteiger partial charge in [-0.1, -0.05) is 25.0 Å². The summed E-state index contributed by atoms with van der Waals surface area (Å²) in [6.45, 7) is 0.737. The Morgan fingerprint density at radius 2 is 1.56 bits per heavy atom. The fraction of sp³-hybridized carbons (Fsp3) is 0.590. The van der Waals surface area contributed by atoms with Crippen LogP contribution in [0, 0.1) is 10.1 Å². The van der Waals surface area contributed by atoms with E-state index in [-0.39, 0.29) is 74.8 Å². The van der Waals surface area contributed by atoms with E-state index < -0.39 is 34.0 Å². The summed E-state index contributed by atoms with van der Waals surface area (Å²) in [5.74, 6) is -0.743. The lowest BCUT2D eigenvalue weighted by Crippen LogP contribution is -2.77. The van der Waals surface area contributed by atoms with Gasteiger partial charge in [0.25, 0.3) is 5.69 Å². The van der Waals surface area contributed by atoms with Crippen molar-refractivity contribution in [3.8, 4) is 17.2 Å². The molecule has 4 aliphatic rings. The number of hydrogen-bond donors (Lipinski definition) is 6. The zero-order valence-corrected chi connectivity index (χ0v) is 32.1. The highest BCUT2D eigenvalue weighted by Crippen LogP contribution is 2.65. The van der Waals surface area contributed by atoms with Crippen LogP contribution in [0.25, 0.3) is 0 Å². The summed E-state index contributed by atoms with van der Waals surface area (Å²) in [6, 6.07) is 8.77. The van der Waals surface area contributed by atoms with Gasteiger partial charge >= 0.3 is 0 Å². The van der Waals surface area contributed by atoms with E-state index in [2.05, 4.69) is 26.2 Å². The number of amides is 4. The van der Waals surface area contributed by atoms with E-state index in [1.54, 1.807) is 12.1 Å². The number of unbranched alkanes of at least 4 members (excludes halogenated alkanes) is 3. The lowest BCUT2D eigenvalue weighted by atomic mass is 9.48. The monoisotopic (exact) mass is 796 g/mol. The molecule has 2 aromatic rings. The standard InChI is InChI=1S/C39H52N6O12/c1-44-17-13-38-35-25-9-10-29(46)36(35)57-37(38)28(11-12-39(38,51)30(44)19-25)43-34(50)24-55-22-32(48)41-15-5-3-2-4-14-40-31(47)21-54-23-33(49)42-16-18-56-27-8-6-7-26(20-27)45(52)53/h6-10,20,28,30,37,46,51H,2-5,11-19,21-24H2,1H3,(H,40,47)(H,41,48)(H,42,49)(H,43,50)/t28-,30+,37-,38-,39+/m0/s1. The minimum atomic E-state index is -1.05. The molecule has 1 saturated carbocycles. The van der Waals surface area contributed by atoms with E-state index in [1.165, 1.54) is 18.2 Å². The Balaban J connectivity index is 0.775. The number of likely N-dealkylation sites (N-methyl/N-ethyl adjacent to an activating group) is 1. The summed E-state index contributed by atoms with van der Waals surface area (Å²) in [7, 11) is 2.03. The maximum absolute atomic E-state index is 13.0. The number of nitrogens with zero attached hydrogens (tertiary/aromatic N) is 2. The first-order valence-corrected chi connectivity index (χ1v) is 19.5. The van der Waals surface area contributed by atoms with E-state index >= 15 is 0 Å². The Morgan fingerprint density at radius 3 is 2.23 bits per heavy atom. The SMILES string of the molecule is CN1CC[C@]23c4c5ccc(O)c4O[C@H]2[C@@H](NC(=O)COCC(=O)NCCCCCCNC(=O)COCC(=O)NCCOc2cccc([N+](=O)[O-])c2)CC[C@@]3(O)[C@H]1C5. The van der Waals surface area contributed by atoms with Gasteiger partial charge in [0, 0.05) is 30.8 Å². The van der Waals surface area contributed by atoms with E-state index in [0.29, 0.717) is 50.3 Å². The number of aliphatic hydroxyl groups is 1. The maximum Gasteiger partial charge on any atom is 0.273 e. The molecule has 2 aliphatic carbocycles. The van der Waals surface area contributed by atoms with Crippen LogP contribution < -0.4 is 30.7 Å². The van der Waals surface area contributed by atoms with E-state index in [0.717, 1.165) is 43.4 Å². The molecule has 2 aliphatic heterocycles. The number of phenolic OH excluding ortho intramolecular Hbond substituents is 1. The third kappa shape index (κ3) is 9.24. The number of carbonyl (C=O) groups excluding carboxylic acids is 4. The van der Waals surface area contributed by atoms with Crippen LogP contribution in [0.15, 0.2) is 36.4 Å². The highest BCUT2D eigenvalue weighted by Gasteiger charge is 2.72. The molecular weight excluding hydrogens is 744 g/mol. The molecule has 6 rings (SSSR count). The third-order valence-electron chi connectivity index (χ3n) is 11.5. The summed E-state index contributed by atoms with van der Waals surface area (Å²) in [4.78, 5) is 61.7. The number of ether oxygens (including phenoxy) is 4. The van der Waals surface area contributed by atoms with Crippen molar-refractivity contribution in [3.05, 3.63) is 57.6 Å². The number of non-ortho nitro benzene ring substituents is 1. The van der Waals surface area contributed by atoms with Crippen LogP contribution in [0.2, 0.25) is 0 Å². The molecular formula is C39H52N6O12. The van der Waals surface area contributed by atoms with Gasteiger partial charge in [-0.05, 0) is 69.8 Å². The summed E-state index contributed by atoms with van der Waals surface area (Å²) >= 11 is 0. The molecule has 18 nitrogen and oxygen atoms in total. The van der Waals surface area contributed by atoms with Crippen LogP contribution in [-0.4, -0.2) is 134 Å². The highest BCUT2D eigenvalue weighted by atomic mass is 16.6. The molecule has 2 bridgehead atoms. The van der Waals surface area contributed by atoms with Gasteiger partial charge in [0.2, 0.25) is 23.6 Å². The summed E-state index contributed by atoms with van der Waals surface area (Å²) < 4.78 is 22.4. The van der Waals surface area contributed by atoms with Crippen LogP contribution in [0.3, 0.4) is 0 Å². The van der Waals surface area contributed by atoms with Gasteiger partial charge in [0.1, 0.15) is 44.9 Å². The lowest BCUT2D eigenvalue weighted by Gasteiger charge is -2.63. The molecule has 1 spiro atoms. The quantitative estimate of drug-likeness (QED) is 0.0577. The second-order valence-corrected chi connectivity index (χ2v) is 15.1. The van der Waals surface area contributed by atoms with Gasteiger partial charge in [-0.3, -0.25) is 29.3 Å². The molecule has 0 unspecified atom stereocenters. The zero-order chi connectivity index (χ0) is 40.6. The minimum absolute atomic E-state index is 0.0361. The lowest BCUT2D eigenvalue weighted by molar-refractivity contribution is -0.384. The van der Waals surface area contributed by atoms with E-state index in [4.69, 9.17) is 18.9 Å². The topological polar surface area (TPSA) is 240 Å². The molecule has 57 heavy (non-hydrogen) atoms. The molecule has 1 saturated heterocycles. The predicted octanol–water partition coefficient (Wildman–Crippen LogP) is 0.590. The molecule has 18 heteroatoms. The fourth-order valence-corrected chi connectivity index (χ4v) is 8.88.